The summed E-state index contributed by atoms with van der Waals surface area (Å²) in [6, 6.07) is 0. The molecule has 2 rings (SSSR count). The normalized spacial score (nSPS) is 19.9. The van der Waals surface area contributed by atoms with Gasteiger partial charge in [-0.1, -0.05) is 0 Å². The molecule has 1 atom stereocenters. The second-order valence-electron chi connectivity index (χ2n) is 4.11. The van der Waals surface area contributed by atoms with Gasteiger partial charge in [-0.15, -0.1) is 11.3 Å². The molecule has 4 nitrogen and oxygen atoms in total. The maximum atomic E-state index is 11.9. The molecule has 82 valence electrons. The SMILES string of the molecule is CN(C)C(=O)C1Cc2scnc2N(C)C1. The van der Waals surface area contributed by atoms with Gasteiger partial charge in [0.25, 0.3) is 0 Å². The zero-order chi connectivity index (χ0) is 11.0. The van der Waals surface area contributed by atoms with Gasteiger partial charge in [-0.05, 0) is 6.42 Å². The standard InChI is InChI=1S/C10H15N3OS/c1-12(2)10(14)7-4-8-9(11-6-15-8)13(3)5-7/h6-7H,4-5H2,1-3H3. The molecule has 1 aromatic heterocycles. The molecule has 1 aliphatic heterocycles. The molecule has 0 N–H and O–H groups in total. The van der Waals surface area contributed by atoms with Crippen molar-refractivity contribution in [3.8, 4) is 0 Å². The third-order valence-electron chi connectivity index (χ3n) is 2.70. The Morgan fingerprint density at radius 1 is 1.67 bits per heavy atom. The maximum absolute atomic E-state index is 11.9. The van der Waals surface area contributed by atoms with Crippen LogP contribution in [0.1, 0.15) is 4.88 Å². The van der Waals surface area contributed by atoms with Gasteiger partial charge in [0, 0.05) is 32.6 Å². The van der Waals surface area contributed by atoms with Crippen LogP contribution in [0.4, 0.5) is 5.82 Å². The number of nitrogens with zero attached hydrogens (tertiary/aromatic N) is 3. The second kappa shape index (κ2) is 3.81. The van der Waals surface area contributed by atoms with Crippen molar-refractivity contribution < 1.29 is 4.79 Å². The Morgan fingerprint density at radius 3 is 3.07 bits per heavy atom. The summed E-state index contributed by atoms with van der Waals surface area (Å²) in [5.41, 5.74) is 1.85. The first-order chi connectivity index (χ1) is 7.09. The largest absolute Gasteiger partial charge is 0.358 e. The number of amides is 1. The van der Waals surface area contributed by atoms with E-state index >= 15 is 0 Å². The number of hydrogen-bond acceptors (Lipinski definition) is 4. The second-order valence-corrected chi connectivity index (χ2v) is 5.05. The lowest BCUT2D eigenvalue weighted by Gasteiger charge is -2.30. The van der Waals surface area contributed by atoms with E-state index in [1.165, 1.54) is 4.88 Å². The predicted molar refractivity (Wildman–Crippen MR) is 61.3 cm³/mol. The monoisotopic (exact) mass is 225 g/mol. The molecule has 0 aromatic carbocycles. The molecule has 15 heavy (non-hydrogen) atoms. The maximum Gasteiger partial charge on any atom is 0.227 e. The molecule has 0 fully saturated rings. The van der Waals surface area contributed by atoms with Crippen LogP contribution < -0.4 is 4.90 Å². The van der Waals surface area contributed by atoms with E-state index in [2.05, 4.69) is 9.88 Å². The number of carbonyl (C=O) groups excluding carboxylic acids is 1. The van der Waals surface area contributed by atoms with E-state index in [0.29, 0.717) is 0 Å². The molecular formula is C10H15N3OS. The van der Waals surface area contributed by atoms with E-state index in [1.807, 2.05) is 26.7 Å². The number of aromatic nitrogens is 1. The summed E-state index contributed by atoms with van der Waals surface area (Å²) in [6.45, 7) is 0.772. The van der Waals surface area contributed by atoms with Crippen molar-refractivity contribution >= 4 is 23.1 Å². The van der Waals surface area contributed by atoms with Gasteiger partial charge in [0.15, 0.2) is 0 Å². The lowest BCUT2D eigenvalue weighted by Crippen LogP contribution is -2.41. The predicted octanol–water partition coefficient (Wildman–Crippen LogP) is 0.840. The Labute approximate surface area is 93.5 Å². The number of rotatable bonds is 1. The molecular weight excluding hydrogens is 210 g/mol. The summed E-state index contributed by atoms with van der Waals surface area (Å²) in [7, 11) is 5.61. The van der Waals surface area contributed by atoms with Crippen LogP contribution in [0.15, 0.2) is 5.51 Å². The Hall–Kier alpha value is -1.10. The van der Waals surface area contributed by atoms with E-state index in [-0.39, 0.29) is 11.8 Å². The molecule has 0 saturated carbocycles. The number of thiazole rings is 1. The minimum atomic E-state index is 0.0814. The van der Waals surface area contributed by atoms with Crippen LogP contribution in [-0.4, -0.2) is 43.5 Å². The van der Waals surface area contributed by atoms with Gasteiger partial charge in [0.1, 0.15) is 5.82 Å². The van der Waals surface area contributed by atoms with Crippen molar-refractivity contribution in [2.75, 3.05) is 32.6 Å². The minimum Gasteiger partial charge on any atom is -0.358 e. The lowest BCUT2D eigenvalue weighted by molar-refractivity contribution is -0.132. The summed E-state index contributed by atoms with van der Waals surface area (Å²) < 4.78 is 0. The Morgan fingerprint density at radius 2 is 2.40 bits per heavy atom. The van der Waals surface area contributed by atoms with Crippen molar-refractivity contribution in [2.24, 2.45) is 5.92 Å². The van der Waals surface area contributed by atoms with E-state index in [1.54, 1.807) is 16.2 Å². The molecule has 0 aliphatic carbocycles. The van der Waals surface area contributed by atoms with Crippen molar-refractivity contribution in [3.63, 3.8) is 0 Å². The van der Waals surface area contributed by atoms with E-state index in [4.69, 9.17) is 0 Å². The number of anilines is 1. The van der Waals surface area contributed by atoms with Crippen molar-refractivity contribution in [2.45, 2.75) is 6.42 Å². The number of carbonyl (C=O) groups is 1. The lowest BCUT2D eigenvalue weighted by atomic mass is 9.99. The molecule has 0 saturated heterocycles. The Bertz CT molecular complexity index is 374. The first-order valence-electron chi connectivity index (χ1n) is 4.94. The van der Waals surface area contributed by atoms with Crippen molar-refractivity contribution in [1.29, 1.82) is 0 Å². The molecule has 5 heteroatoms. The number of fused-ring (bicyclic) bond motifs is 1. The van der Waals surface area contributed by atoms with Crippen LogP contribution in [0.2, 0.25) is 0 Å². The minimum absolute atomic E-state index is 0.0814. The summed E-state index contributed by atoms with van der Waals surface area (Å²) >= 11 is 1.64. The fraction of sp³-hybridized carbons (Fsp3) is 0.600. The zero-order valence-corrected chi connectivity index (χ0v) is 10.0. The van der Waals surface area contributed by atoms with E-state index < -0.39 is 0 Å². The average molecular weight is 225 g/mol. The summed E-state index contributed by atoms with van der Waals surface area (Å²) in [5, 5.41) is 0. The van der Waals surface area contributed by atoms with Crippen molar-refractivity contribution in [1.82, 2.24) is 9.88 Å². The van der Waals surface area contributed by atoms with Crippen LogP contribution in [0.25, 0.3) is 0 Å². The van der Waals surface area contributed by atoms with E-state index in [9.17, 15) is 4.79 Å². The van der Waals surface area contributed by atoms with Crippen molar-refractivity contribution in [3.05, 3.63) is 10.4 Å². The molecule has 1 amide bonds. The fourth-order valence-corrected chi connectivity index (χ4v) is 2.84. The van der Waals surface area contributed by atoms with Gasteiger partial charge >= 0.3 is 0 Å². The Balaban J connectivity index is 2.19. The first-order valence-corrected chi connectivity index (χ1v) is 5.82. The van der Waals surface area contributed by atoms with Gasteiger partial charge in [0.2, 0.25) is 5.91 Å². The average Bonchev–Trinajstić information content (AvgIpc) is 2.64. The topological polar surface area (TPSA) is 36.4 Å². The Kier molecular flexibility index (Phi) is 2.65. The van der Waals surface area contributed by atoms with Gasteiger partial charge in [-0.2, -0.15) is 0 Å². The molecule has 0 spiro atoms. The third kappa shape index (κ3) is 1.84. The molecule has 0 radical (unpaired) electrons. The van der Waals surface area contributed by atoms with Crippen LogP contribution >= 0.6 is 11.3 Å². The van der Waals surface area contributed by atoms with Gasteiger partial charge in [-0.3, -0.25) is 4.79 Å². The number of hydrogen-bond donors (Lipinski definition) is 0. The molecule has 2 heterocycles. The van der Waals surface area contributed by atoms with Gasteiger partial charge in [0.05, 0.1) is 11.4 Å². The molecule has 1 aliphatic rings. The first kappa shape index (κ1) is 10.4. The van der Waals surface area contributed by atoms with E-state index in [0.717, 1.165) is 18.8 Å². The molecule has 1 aromatic rings. The highest BCUT2D eigenvalue weighted by atomic mass is 32.1. The summed E-state index contributed by atoms with van der Waals surface area (Å²) in [5.74, 6) is 1.33. The summed E-state index contributed by atoms with van der Waals surface area (Å²) in [6.07, 6.45) is 0.835. The summed E-state index contributed by atoms with van der Waals surface area (Å²) in [4.78, 5) is 21.1. The fourth-order valence-electron chi connectivity index (χ4n) is 1.95. The highest BCUT2D eigenvalue weighted by molar-refractivity contribution is 7.10. The smallest absolute Gasteiger partial charge is 0.227 e. The van der Waals surface area contributed by atoms with Gasteiger partial charge < -0.3 is 9.80 Å². The highest BCUT2D eigenvalue weighted by Crippen LogP contribution is 2.30. The van der Waals surface area contributed by atoms with Crippen LogP contribution in [0, 0.1) is 5.92 Å². The zero-order valence-electron chi connectivity index (χ0n) is 9.23. The van der Waals surface area contributed by atoms with Crippen LogP contribution in [0.5, 0.6) is 0 Å². The van der Waals surface area contributed by atoms with Crippen LogP contribution in [-0.2, 0) is 11.2 Å². The molecule has 0 bridgehead atoms. The quantitative estimate of drug-likeness (QED) is 0.710. The molecule has 1 unspecified atom stereocenters. The van der Waals surface area contributed by atoms with Crippen LogP contribution in [0.3, 0.4) is 0 Å². The highest BCUT2D eigenvalue weighted by Gasteiger charge is 2.30. The van der Waals surface area contributed by atoms with Gasteiger partial charge in [-0.25, -0.2) is 4.98 Å². The third-order valence-corrected chi connectivity index (χ3v) is 3.54.